The number of aromatic nitrogens is 1. The first-order valence-corrected chi connectivity index (χ1v) is 6.39. The first-order valence-electron chi connectivity index (χ1n) is 6.39. The molecule has 1 atom stereocenters. The SMILES string of the molecule is OC1CCN(CCc2c[nH]c3c(F)cccc23)C1. The van der Waals surface area contributed by atoms with E-state index in [4.69, 9.17) is 0 Å². The summed E-state index contributed by atoms with van der Waals surface area (Å²) in [5.74, 6) is -0.199. The maximum atomic E-state index is 13.5. The van der Waals surface area contributed by atoms with Crippen LogP contribution in [0.5, 0.6) is 0 Å². The molecule has 3 nitrogen and oxygen atoms in total. The van der Waals surface area contributed by atoms with Gasteiger partial charge in [-0.15, -0.1) is 0 Å². The normalized spacial score (nSPS) is 20.9. The number of nitrogens with zero attached hydrogens (tertiary/aromatic N) is 1. The van der Waals surface area contributed by atoms with Crippen molar-refractivity contribution in [2.24, 2.45) is 0 Å². The van der Waals surface area contributed by atoms with Gasteiger partial charge in [-0.2, -0.15) is 0 Å². The lowest BCUT2D eigenvalue weighted by Crippen LogP contribution is -2.24. The highest BCUT2D eigenvalue weighted by Gasteiger charge is 2.19. The second-order valence-electron chi connectivity index (χ2n) is 4.97. The summed E-state index contributed by atoms with van der Waals surface area (Å²) >= 11 is 0. The molecule has 0 spiro atoms. The van der Waals surface area contributed by atoms with Gasteiger partial charge in [-0.05, 0) is 24.5 Å². The zero-order valence-electron chi connectivity index (χ0n) is 10.2. The summed E-state index contributed by atoms with van der Waals surface area (Å²) < 4.78 is 13.5. The number of aliphatic hydroxyl groups is 1. The summed E-state index contributed by atoms with van der Waals surface area (Å²) in [5.41, 5.74) is 1.74. The van der Waals surface area contributed by atoms with Crippen LogP contribution in [0.25, 0.3) is 10.9 Å². The van der Waals surface area contributed by atoms with Gasteiger partial charge in [0.1, 0.15) is 5.82 Å². The third-order valence-corrected chi connectivity index (χ3v) is 3.70. The van der Waals surface area contributed by atoms with Crippen molar-refractivity contribution in [1.82, 2.24) is 9.88 Å². The summed E-state index contributed by atoms with van der Waals surface area (Å²) in [6.07, 6.45) is 3.46. The van der Waals surface area contributed by atoms with Crippen LogP contribution >= 0.6 is 0 Å². The average Bonchev–Trinajstić information content (AvgIpc) is 2.94. The van der Waals surface area contributed by atoms with E-state index in [1.54, 1.807) is 6.07 Å². The van der Waals surface area contributed by atoms with Crippen molar-refractivity contribution >= 4 is 10.9 Å². The van der Waals surface area contributed by atoms with Gasteiger partial charge in [-0.3, -0.25) is 0 Å². The molecule has 1 aromatic carbocycles. The summed E-state index contributed by atoms with van der Waals surface area (Å²) in [6, 6.07) is 5.16. The predicted octanol–water partition coefficient (Wildman–Crippen LogP) is 1.92. The Hall–Kier alpha value is -1.39. The lowest BCUT2D eigenvalue weighted by atomic mass is 10.1. The van der Waals surface area contributed by atoms with Crippen molar-refractivity contribution in [1.29, 1.82) is 0 Å². The molecule has 0 radical (unpaired) electrons. The molecule has 1 fully saturated rings. The van der Waals surface area contributed by atoms with Gasteiger partial charge in [0.05, 0.1) is 11.6 Å². The molecule has 96 valence electrons. The predicted molar refractivity (Wildman–Crippen MR) is 69.0 cm³/mol. The van der Waals surface area contributed by atoms with Crippen LogP contribution in [-0.2, 0) is 6.42 Å². The number of halogens is 1. The number of hydrogen-bond acceptors (Lipinski definition) is 2. The lowest BCUT2D eigenvalue weighted by molar-refractivity contribution is 0.177. The van der Waals surface area contributed by atoms with Gasteiger partial charge in [0.2, 0.25) is 0 Å². The second-order valence-corrected chi connectivity index (χ2v) is 4.97. The maximum absolute atomic E-state index is 13.5. The van der Waals surface area contributed by atoms with Crippen molar-refractivity contribution in [3.63, 3.8) is 0 Å². The molecule has 2 aromatic rings. The number of fused-ring (bicyclic) bond motifs is 1. The number of aliphatic hydroxyl groups excluding tert-OH is 1. The Balaban J connectivity index is 1.73. The zero-order chi connectivity index (χ0) is 12.5. The quantitative estimate of drug-likeness (QED) is 0.871. The minimum absolute atomic E-state index is 0.176. The van der Waals surface area contributed by atoms with E-state index in [1.807, 2.05) is 12.3 Å². The van der Waals surface area contributed by atoms with E-state index in [1.165, 1.54) is 6.07 Å². The standard InChI is InChI=1S/C14H17FN2O/c15-13-3-1-2-12-10(8-16-14(12)13)4-6-17-7-5-11(18)9-17/h1-3,8,11,16,18H,4-7,9H2. The Morgan fingerprint density at radius 3 is 3.11 bits per heavy atom. The monoisotopic (exact) mass is 248 g/mol. The maximum Gasteiger partial charge on any atom is 0.147 e. The second kappa shape index (κ2) is 4.71. The Morgan fingerprint density at radius 1 is 1.44 bits per heavy atom. The molecule has 0 bridgehead atoms. The fraction of sp³-hybridized carbons (Fsp3) is 0.429. The van der Waals surface area contributed by atoms with Gasteiger partial charge in [0, 0.05) is 31.2 Å². The van der Waals surface area contributed by atoms with Crippen LogP contribution < -0.4 is 0 Å². The minimum atomic E-state index is -0.199. The molecule has 18 heavy (non-hydrogen) atoms. The van der Waals surface area contributed by atoms with Gasteiger partial charge in [-0.25, -0.2) is 4.39 Å². The van der Waals surface area contributed by atoms with Gasteiger partial charge in [0.15, 0.2) is 0 Å². The number of benzene rings is 1. The van der Waals surface area contributed by atoms with Gasteiger partial charge in [-0.1, -0.05) is 12.1 Å². The molecule has 1 unspecified atom stereocenters. The van der Waals surface area contributed by atoms with E-state index in [0.717, 1.165) is 43.4 Å². The molecular formula is C14H17FN2O. The molecule has 1 aliphatic heterocycles. The van der Waals surface area contributed by atoms with Crippen LogP contribution in [0.2, 0.25) is 0 Å². The molecule has 0 saturated carbocycles. The number of β-amino-alcohol motifs (C(OH)–C–C–N with tert-alkyl or cyclic N) is 1. The van der Waals surface area contributed by atoms with E-state index in [0.29, 0.717) is 5.52 Å². The molecule has 4 heteroatoms. The number of rotatable bonds is 3. The molecule has 0 aliphatic carbocycles. The van der Waals surface area contributed by atoms with Crippen LogP contribution in [0.15, 0.2) is 24.4 Å². The van der Waals surface area contributed by atoms with Crippen molar-refractivity contribution < 1.29 is 9.50 Å². The Morgan fingerprint density at radius 2 is 2.33 bits per heavy atom. The van der Waals surface area contributed by atoms with Gasteiger partial charge >= 0.3 is 0 Å². The Labute approximate surface area is 105 Å². The molecule has 1 aliphatic rings. The molecule has 3 rings (SSSR count). The molecule has 0 amide bonds. The number of aromatic amines is 1. The number of para-hydroxylation sites is 1. The van der Waals surface area contributed by atoms with Gasteiger partial charge < -0.3 is 15.0 Å². The van der Waals surface area contributed by atoms with Crippen molar-refractivity contribution in [3.8, 4) is 0 Å². The highest BCUT2D eigenvalue weighted by atomic mass is 19.1. The minimum Gasteiger partial charge on any atom is -0.392 e. The molecule has 2 heterocycles. The highest BCUT2D eigenvalue weighted by Crippen LogP contribution is 2.21. The number of H-pyrrole nitrogens is 1. The average molecular weight is 248 g/mol. The van der Waals surface area contributed by atoms with Crippen LogP contribution in [-0.4, -0.2) is 40.7 Å². The smallest absolute Gasteiger partial charge is 0.147 e. The number of hydrogen-bond donors (Lipinski definition) is 2. The molecule has 1 saturated heterocycles. The van der Waals surface area contributed by atoms with Crippen LogP contribution in [0, 0.1) is 5.82 Å². The zero-order valence-corrected chi connectivity index (χ0v) is 10.2. The van der Waals surface area contributed by atoms with Crippen LogP contribution in [0.4, 0.5) is 4.39 Å². The third-order valence-electron chi connectivity index (χ3n) is 3.70. The Kier molecular flexibility index (Phi) is 3.06. The largest absolute Gasteiger partial charge is 0.392 e. The van der Waals surface area contributed by atoms with E-state index < -0.39 is 0 Å². The molecule has 1 aromatic heterocycles. The third kappa shape index (κ3) is 2.13. The van der Waals surface area contributed by atoms with E-state index in [-0.39, 0.29) is 11.9 Å². The summed E-state index contributed by atoms with van der Waals surface area (Å²) in [5, 5.41) is 10.4. The molecular weight excluding hydrogens is 231 g/mol. The van der Waals surface area contributed by atoms with Crippen molar-refractivity contribution in [2.45, 2.75) is 18.9 Å². The van der Waals surface area contributed by atoms with Crippen molar-refractivity contribution in [2.75, 3.05) is 19.6 Å². The first kappa shape index (κ1) is 11.7. The summed E-state index contributed by atoms with van der Waals surface area (Å²) in [6.45, 7) is 2.63. The van der Waals surface area contributed by atoms with Gasteiger partial charge in [0.25, 0.3) is 0 Å². The summed E-state index contributed by atoms with van der Waals surface area (Å²) in [4.78, 5) is 5.25. The molecule has 2 N–H and O–H groups in total. The fourth-order valence-corrected chi connectivity index (χ4v) is 2.68. The summed E-state index contributed by atoms with van der Waals surface area (Å²) in [7, 11) is 0. The number of likely N-dealkylation sites (tertiary alicyclic amines) is 1. The van der Waals surface area contributed by atoms with Crippen molar-refractivity contribution in [3.05, 3.63) is 35.8 Å². The Bertz CT molecular complexity index is 552. The van der Waals surface area contributed by atoms with Crippen LogP contribution in [0.1, 0.15) is 12.0 Å². The van der Waals surface area contributed by atoms with E-state index in [9.17, 15) is 9.50 Å². The van der Waals surface area contributed by atoms with E-state index >= 15 is 0 Å². The first-order chi connectivity index (χ1) is 8.74. The van der Waals surface area contributed by atoms with Crippen LogP contribution in [0.3, 0.4) is 0 Å². The van der Waals surface area contributed by atoms with E-state index in [2.05, 4.69) is 9.88 Å². The fourth-order valence-electron chi connectivity index (χ4n) is 2.68. The number of nitrogens with one attached hydrogen (secondary N) is 1. The topological polar surface area (TPSA) is 39.3 Å². The lowest BCUT2D eigenvalue weighted by Gasteiger charge is -2.14. The highest BCUT2D eigenvalue weighted by molar-refractivity contribution is 5.83.